The van der Waals surface area contributed by atoms with Gasteiger partial charge in [0.1, 0.15) is 18.7 Å². The van der Waals surface area contributed by atoms with Gasteiger partial charge in [-0.25, -0.2) is 0 Å². The smallest absolute Gasteiger partial charge is 0.220 e. The SMILES string of the molecule is NC(=Cc1cnc2c(Nc3cccc(-c4ccc5c(c4)OCCO5)c3Cl)nsc2c1)[C@@H]1CCC(=O)N1. The average molecular weight is 520 g/mol. The molecule has 1 saturated heterocycles. The molecule has 1 atom stereocenters. The molecule has 2 aliphatic rings. The maximum atomic E-state index is 11.5. The van der Waals surface area contributed by atoms with E-state index in [9.17, 15) is 4.79 Å². The Kier molecular flexibility index (Phi) is 5.86. The second-order valence-electron chi connectivity index (χ2n) is 8.60. The molecule has 4 aromatic rings. The molecule has 0 saturated carbocycles. The number of hydrogen-bond donors (Lipinski definition) is 3. The molecule has 0 radical (unpaired) electrons. The van der Waals surface area contributed by atoms with Crippen LogP contribution in [0.5, 0.6) is 11.5 Å². The van der Waals surface area contributed by atoms with Crippen molar-refractivity contribution in [3.63, 3.8) is 0 Å². The van der Waals surface area contributed by atoms with Crippen LogP contribution < -0.4 is 25.8 Å². The average Bonchev–Trinajstić information content (AvgIpc) is 3.51. The fourth-order valence-electron chi connectivity index (χ4n) is 4.35. The number of ether oxygens (including phenoxy) is 2. The highest BCUT2D eigenvalue weighted by Gasteiger charge is 2.22. The number of halogens is 1. The lowest BCUT2D eigenvalue weighted by molar-refractivity contribution is -0.119. The predicted molar refractivity (Wildman–Crippen MR) is 142 cm³/mol. The molecule has 6 rings (SSSR count). The van der Waals surface area contributed by atoms with E-state index in [0.29, 0.717) is 48.3 Å². The van der Waals surface area contributed by atoms with Crippen molar-refractivity contribution in [3.8, 4) is 22.6 Å². The molecule has 4 heterocycles. The first kappa shape index (κ1) is 22.6. The molecule has 10 heteroatoms. The first-order valence-corrected chi connectivity index (χ1v) is 12.7. The van der Waals surface area contributed by atoms with E-state index in [0.717, 1.165) is 38.3 Å². The van der Waals surface area contributed by atoms with E-state index < -0.39 is 0 Å². The molecule has 8 nitrogen and oxygen atoms in total. The van der Waals surface area contributed by atoms with Crippen molar-refractivity contribution in [1.82, 2.24) is 14.7 Å². The zero-order valence-corrected chi connectivity index (χ0v) is 20.7. The summed E-state index contributed by atoms with van der Waals surface area (Å²) in [5, 5.41) is 6.79. The third-order valence-electron chi connectivity index (χ3n) is 6.17. The van der Waals surface area contributed by atoms with E-state index in [-0.39, 0.29) is 11.9 Å². The Hall–Kier alpha value is -3.82. The highest BCUT2D eigenvalue weighted by Crippen LogP contribution is 2.40. The van der Waals surface area contributed by atoms with Gasteiger partial charge in [0.05, 0.1) is 21.5 Å². The fourth-order valence-corrected chi connectivity index (χ4v) is 5.38. The summed E-state index contributed by atoms with van der Waals surface area (Å²) in [6, 6.07) is 13.5. The first-order valence-electron chi connectivity index (χ1n) is 11.5. The Balaban J connectivity index is 1.26. The number of amides is 1. The number of aromatic nitrogens is 2. The van der Waals surface area contributed by atoms with E-state index in [1.807, 2.05) is 48.5 Å². The maximum absolute atomic E-state index is 11.5. The Bertz CT molecular complexity index is 1520. The molecule has 0 unspecified atom stereocenters. The Morgan fingerprint density at radius 1 is 1.19 bits per heavy atom. The molecule has 1 amide bonds. The van der Waals surface area contributed by atoms with Crippen LogP contribution in [0.3, 0.4) is 0 Å². The van der Waals surface area contributed by atoms with Crippen molar-refractivity contribution in [2.45, 2.75) is 18.9 Å². The Labute approximate surface area is 216 Å². The lowest BCUT2D eigenvalue weighted by atomic mass is 10.0. The third kappa shape index (κ3) is 4.31. The number of fused-ring (bicyclic) bond motifs is 2. The first-order chi connectivity index (χ1) is 17.5. The summed E-state index contributed by atoms with van der Waals surface area (Å²) in [5.41, 5.74) is 10.9. The largest absolute Gasteiger partial charge is 0.486 e. The number of benzene rings is 2. The normalized spacial score (nSPS) is 17.3. The number of hydrogen-bond acceptors (Lipinski definition) is 8. The monoisotopic (exact) mass is 519 g/mol. The fraction of sp³-hybridized carbons (Fsp3) is 0.192. The van der Waals surface area contributed by atoms with Gasteiger partial charge in [-0.3, -0.25) is 9.78 Å². The van der Waals surface area contributed by atoms with Crippen molar-refractivity contribution >= 4 is 56.8 Å². The van der Waals surface area contributed by atoms with Gasteiger partial charge in [0.25, 0.3) is 0 Å². The number of nitrogens with zero attached hydrogens (tertiary/aromatic N) is 2. The molecule has 0 bridgehead atoms. The predicted octanol–water partition coefficient (Wildman–Crippen LogP) is 5.10. The second-order valence-corrected chi connectivity index (χ2v) is 9.78. The van der Waals surface area contributed by atoms with Crippen molar-refractivity contribution in [1.29, 1.82) is 0 Å². The lowest BCUT2D eigenvalue weighted by Crippen LogP contribution is -2.30. The summed E-state index contributed by atoms with van der Waals surface area (Å²) in [4.78, 5) is 16.1. The molecule has 0 spiro atoms. The van der Waals surface area contributed by atoms with Crippen LogP contribution in [-0.4, -0.2) is 34.5 Å². The van der Waals surface area contributed by atoms with Crippen LogP contribution in [0.25, 0.3) is 27.4 Å². The van der Waals surface area contributed by atoms with E-state index in [4.69, 9.17) is 26.8 Å². The lowest BCUT2D eigenvalue weighted by Gasteiger charge is -2.19. The van der Waals surface area contributed by atoms with Crippen LogP contribution in [-0.2, 0) is 4.79 Å². The van der Waals surface area contributed by atoms with Crippen LogP contribution in [0, 0.1) is 0 Å². The van der Waals surface area contributed by atoms with Gasteiger partial charge in [-0.05, 0) is 59.4 Å². The van der Waals surface area contributed by atoms with Gasteiger partial charge < -0.3 is 25.8 Å². The van der Waals surface area contributed by atoms with Crippen molar-refractivity contribution in [2.24, 2.45) is 5.73 Å². The zero-order valence-electron chi connectivity index (χ0n) is 19.1. The van der Waals surface area contributed by atoms with Gasteiger partial charge >= 0.3 is 0 Å². The number of carbonyl (C=O) groups excluding carboxylic acids is 1. The topological polar surface area (TPSA) is 111 Å². The number of pyridine rings is 1. The molecular weight excluding hydrogens is 498 g/mol. The summed E-state index contributed by atoms with van der Waals surface area (Å²) >= 11 is 8.16. The highest BCUT2D eigenvalue weighted by atomic mass is 35.5. The zero-order chi connectivity index (χ0) is 24.6. The number of anilines is 2. The van der Waals surface area contributed by atoms with Crippen LogP contribution in [0.2, 0.25) is 5.02 Å². The molecular formula is C26H22ClN5O3S. The molecule has 36 heavy (non-hydrogen) atoms. The van der Waals surface area contributed by atoms with Crippen LogP contribution in [0.1, 0.15) is 18.4 Å². The van der Waals surface area contributed by atoms with Gasteiger partial charge in [0.15, 0.2) is 17.3 Å². The van der Waals surface area contributed by atoms with Crippen molar-refractivity contribution in [2.75, 3.05) is 18.5 Å². The van der Waals surface area contributed by atoms with Gasteiger partial charge in [-0.2, -0.15) is 4.37 Å². The van der Waals surface area contributed by atoms with E-state index in [2.05, 4.69) is 20.0 Å². The summed E-state index contributed by atoms with van der Waals surface area (Å²) in [6.45, 7) is 1.07. The molecule has 182 valence electrons. The van der Waals surface area contributed by atoms with E-state index in [1.54, 1.807) is 6.20 Å². The Morgan fingerprint density at radius 2 is 2.06 bits per heavy atom. The van der Waals surface area contributed by atoms with Crippen LogP contribution in [0.4, 0.5) is 11.5 Å². The van der Waals surface area contributed by atoms with E-state index >= 15 is 0 Å². The number of nitrogens with one attached hydrogen (secondary N) is 2. The summed E-state index contributed by atoms with van der Waals surface area (Å²) in [7, 11) is 0. The van der Waals surface area contributed by atoms with Gasteiger partial charge in [-0.15, -0.1) is 0 Å². The minimum absolute atomic E-state index is 0.0276. The molecule has 2 aromatic heterocycles. The van der Waals surface area contributed by atoms with Gasteiger partial charge in [-0.1, -0.05) is 29.8 Å². The van der Waals surface area contributed by atoms with E-state index in [1.165, 1.54) is 11.5 Å². The van der Waals surface area contributed by atoms with Crippen LogP contribution >= 0.6 is 23.1 Å². The van der Waals surface area contributed by atoms with Crippen molar-refractivity contribution < 1.29 is 14.3 Å². The number of nitrogens with two attached hydrogens (primary N) is 1. The number of carbonyl (C=O) groups is 1. The molecule has 1 fully saturated rings. The summed E-state index contributed by atoms with van der Waals surface area (Å²) in [6.07, 6.45) is 4.80. The Morgan fingerprint density at radius 3 is 2.89 bits per heavy atom. The minimum atomic E-state index is -0.129. The van der Waals surface area contributed by atoms with Gasteiger partial charge in [0.2, 0.25) is 5.91 Å². The molecule has 2 aliphatic heterocycles. The second kappa shape index (κ2) is 9.33. The third-order valence-corrected chi connectivity index (χ3v) is 7.36. The van der Waals surface area contributed by atoms with Gasteiger partial charge in [0, 0.05) is 23.9 Å². The molecule has 2 aromatic carbocycles. The maximum Gasteiger partial charge on any atom is 0.220 e. The summed E-state index contributed by atoms with van der Waals surface area (Å²) in [5.74, 6) is 2.10. The summed E-state index contributed by atoms with van der Waals surface area (Å²) < 4.78 is 16.8. The number of rotatable bonds is 5. The van der Waals surface area contributed by atoms with Crippen LogP contribution in [0.15, 0.2) is 54.4 Å². The molecule has 0 aliphatic carbocycles. The minimum Gasteiger partial charge on any atom is -0.486 e. The highest BCUT2D eigenvalue weighted by molar-refractivity contribution is 7.13. The standard InChI is InChI=1S/C26H22ClN5O3S/c27-24-16(15-4-6-20-21(12-15)35-9-8-34-20)2-1-3-19(24)31-26-25-22(36-32-26)11-14(13-29-25)10-17(28)18-5-7-23(33)30-18/h1-4,6,10-13,18H,5,7-9,28H2,(H,30,33)(H,31,32)/t18-/m0/s1. The quantitative estimate of drug-likeness (QED) is 0.336. The molecule has 4 N–H and O–H groups in total. The van der Waals surface area contributed by atoms with Crippen molar-refractivity contribution in [3.05, 3.63) is 64.9 Å².